The molecular weight excluding hydrogens is 272 g/mol. The Morgan fingerprint density at radius 3 is 2.12 bits per heavy atom. The van der Waals surface area contributed by atoms with Crippen LogP contribution < -0.4 is 9.47 Å². The number of methoxy groups -OCH3 is 2. The van der Waals surface area contributed by atoms with Gasteiger partial charge in [-0.05, 0) is 53.4 Å². The van der Waals surface area contributed by atoms with Crippen molar-refractivity contribution in [1.29, 1.82) is 0 Å². The Kier molecular flexibility index (Phi) is 5.09. The summed E-state index contributed by atoms with van der Waals surface area (Å²) in [6.45, 7) is 1.79. The Labute approximate surface area is 105 Å². The highest BCUT2D eigenvalue weighted by Gasteiger charge is 2.10. The van der Waals surface area contributed by atoms with Crippen LogP contribution in [0.15, 0.2) is 16.6 Å². The van der Waals surface area contributed by atoms with Crippen LogP contribution in [0.2, 0.25) is 0 Å². The normalized spacial score (nSPS) is 12.3. The number of benzene rings is 1. The molecule has 0 bridgehead atoms. The van der Waals surface area contributed by atoms with Crippen LogP contribution in [0.3, 0.4) is 0 Å². The number of hydrogen-bond acceptors (Lipinski definition) is 3. The van der Waals surface area contributed by atoms with Gasteiger partial charge >= 0.3 is 0 Å². The molecule has 0 heterocycles. The van der Waals surface area contributed by atoms with E-state index in [0.717, 1.165) is 34.4 Å². The van der Waals surface area contributed by atoms with Gasteiger partial charge in [0.1, 0.15) is 16.0 Å². The third-order valence-corrected chi connectivity index (χ3v) is 3.14. The van der Waals surface area contributed by atoms with Crippen LogP contribution >= 0.6 is 15.9 Å². The van der Waals surface area contributed by atoms with E-state index in [1.807, 2.05) is 12.1 Å². The van der Waals surface area contributed by atoms with Crippen LogP contribution in [0.25, 0.3) is 0 Å². The Morgan fingerprint density at radius 2 is 1.75 bits per heavy atom. The summed E-state index contributed by atoms with van der Waals surface area (Å²) >= 11 is 3.42. The van der Waals surface area contributed by atoms with E-state index >= 15 is 0 Å². The molecule has 1 N–H and O–H groups in total. The number of ether oxygens (including phenoxy) is 2. The average molecular weight is 289 g/mol. The molecule has 0 spiro atoms. The van der Waals surface area contributed by atoms with Gasteiger partial charge in [-0.2, -0.15) is 0 Å². The maximum atomic E-state index is 9.25. The Bertz CT molecular complexity index is 325. The summed E-state index contributed by atoms with van der Waals surface area (Å²) in [4.78, 5) is 0. The zero-order valence-electron chi connectivity index (χ0n) is 9.79. The molecule has 3 nitrogen and oxygen atoms in total. The van der Waals surface area contributed by atoms with Gasteiger partial charge < -0.3 is 14.6 Å². The molecule has 0 saturated heterocycles. The number of aryl methyl sites for hydroxylation is 1. The fourth-order valence-electron chi connectivity index (χ4n) is 1.44. The van der Waals surface area contributed by atoms with Crippen molar-refractivity contribution in [3.63, 3.8) is 0 Å². The molecule has 0 unspecified atom stereocenters. The molecule has 0 fully saturated rings. The predicted molar refractivity (Wildman–Crippen MR) is 67.2 cm³/mol. The van der Waals surface area contributed by atoms with Gasteiger partial charge in [-0.15, -0.1) is 0 Å². The maximum absolute atomic E-state index is 9.25. The standard InChI is InChI=1S/C12H17BrO3/c1-8(14)4-5-9-6-10(15-2)12(13)11(7-9)16-3/h6-8,14H,4-5H2,1-3H3/t8-/m0/s1. The second-order valence-electron chi connectivity index (χ2n) is 3.70. The lowest BCUT2D eigenvalue weighted by Gasteiger charge is -2.12. The third-order valence-electron chi connectivity index (χ3n) is 2.36. The molecule has 0 aromatic heterocycles. The first-order valence-electron chi connectivity index (χ1n) is 5.17. The topological polar surface area (TPSA) is 38.7 Å². The van der Waals surface area contributed by atoms with Crippen molar-refractivity contribution in [3.05, 3.63) is 22.2 Å². The van der Waals surface area contributed by atoms with E-state index in [2.05, 4.69) is 15.9 Å². The molecule has 1 rings (SSSR count). The SMILES string of the molecule is COc1cc(CC[C@H](C)O)cc(OC)c1Br. The first-order chi connectivity index (χ1) is 7.58. The lowest BCUT2D eigenvalue weighted by Crippen LogP contribution is -2.02. The summed E-state index contributed by atoms with van der Waals surface area (Å²) in [7, 11) is 3.25. The number of aliphatic hydroxyl groups is 1. The van der Waals surface area contributed by atoms with Crippen molar-refractivity contribution < 1.29 is 14.6 Å². The van der Waals surface area contributed by atoms with E-state index in [0.29, 0.717) is 0 Å². The molecule has 0 radical (unpaired) electrons. The van der Waals surface area contributed by atoms with Crippen LogP contribution in [0.4, 0.5) is 0 Å². The molecule has 16 heavy (non-hydrogen) atoms. The van der Waals surface area contributed by atoms with Gasteiger partial charge in [-0.1, -0.05) is 0 Å². The van der Waals surface area contributed by atoms with Gasteiger partial charge in [-0.25, -0.2) is 0 Å². The molecule has 4 heteroatoms. The van der Waals surface area contributed by atoms with Gasteiger partial charge in [0.25, 0.3) is 0 Å². The summed E-state index contributed by atoms with van der Waals surface area (Å²) in [6.07, 6.45) is 1.24. The van der Waals surface area contributed by atoms with Gasteiger partial charge in [0.05, 0.1) is 20.3 Å². The molecule has 1 aromatic rings. The molecule has 90 valence electrons. The zero-order valence-corrected chi connectivity index (χ0v) is 11.4. The van der Waals surface area contributed by atoms with Gasteiger partial charge in [-0.3, -0.25) is 0 Å². The van der Waals surface area contributed by atoms with Crippen molar-refractivity contribution in [1.82, 2.24) is 0 Å². The Hall–Kier alpha value is -0.740. The molecule has 0 aliphatic heterocycles. The number of aliphatic hydroxyl groups excluding tert-OH is 1. The highest BCUT2D eigenvalue weighted by molar-refractivity contribution is 9.10. The molecule has 1 aromatic carbocycles. The molecule has 1 atom stereocenters. The lowest BCUT2D eigenvalue weighted by molar-refractivity contribution is 0.185. The zero-order chi connectivity index (χ0) is 12.1. The fourth-order valence-corrected chi connectivity index (χ4v) is 2.00. The fraction of sp³-hybridized carbons (Fsp3) is 0.500. The van der Waals surface area contributed by atoms with Crippen molar-refractivity contribution in [2.75, 3.05) is 14.2 Å². The molecule has 0 amide bonds. The highest BCUT2D eigenvalue weighted by Crippen LogP contribution is 2.35. The van der Waals surface area contributed by atoms with Crippen molar-refractivity contribution >= 4 is 15.9 Å². The lowest BCUT2D eigenvalue weighted by atomic mass is 10.1. The van der Waals surface area contributed by atoms with Gasteiger partial charge in [0, 0.05) is 0 Å². The van der Waals surface area contributed by atoms with E-state index in [4.69, 9.17) is 9.47 Å². The maximum Gasteiger partial charge on any atom is 0.137 e. The van der Waals surface area contributed by atoms with E-state index in [1.165, 1.54) is 0 Å². The van der Waals surface area contributed by atoms with E-state index < -0.39 is 0 Å². The smallest absolute Gasteiger partial charge is 0.137 e. The first kappa shape index (κ1) is 13.3. The van der Waals surface area contributed by atoms with Crippen LogP contribution in [-0.4, -0.2) is 25.4 Å². The summed E-state index contributed by atoms with van der Waals surface area (Å²) < 4.78 is 11.3. The monoisotopic (exact) mass is 288 g/mol. The first-order valence-corrected chi connectivity index (χ1v) is 5.96. The van der Waals surface area contributed by atoms with E-state index in [1.54, 1.807) is 21.1 Å². The van der Waals surface area contributed by atoms with Gasteiger partial charge in [0.2, 0.25) is 0 Å². The second kappa shape index (κ2) is 6.11. The van der Waals surface area contributed by atoms with E-state index in [-0.39, 0.29) is 6.10 Å². The van der Waals surface area contributed by atoms with Gasteiger partial charge in [0.15, 0.2) is 0 Å². The quantitative estimate of drug-likeness (QED) is 0.906. The van der Waals surface area contributed by atoms with Crippen molar-refractivity contribution in [2.45, 2.75) is 25.9 Å². The van der Waals surface area contributed by atoms with Crippen LogP contribution in [0.1, 0.15) is 18.9 Å². The average Bonchev–Trinajstić information content (AvgIpc) is 2.27. The number of halogens is 1. The minimum absolute atomic E-state index is 0.291. The molecule has 0 aliphatic rings. The third kappa shape index (κ3) is 3.39. The highest BCUT2D eigenvalue weighted by atomic mass is 79.9. The Morgan fingerprint density at radius 1 is 1.25 bits per heavy atom. The summed E-state index contributed by atoms with van der Waals surface area (Å²) in [5.74, 6) is 1.50. The van der Waals surface area contributed by atoms with Crippen LogP contribution in [0.5, 0.6) is 11.5 Å². The molecule has 0 aliphatic carbocycles. The van der Waals surface area contributed by atoms with Crippen molar-refractivity contribution in [3.8, 4) is 11.5 Å². The molecule has 0 saturated carbocycles. The number of hydrogen-bond donors (Lipinski definition) is 1. The largest absolute Gasteiger partial charge is 0.495 e. The van der Waals surface area contributed by atoms with Crippen LogP contribution in [0, 0.1) is 0 Å². The Balaban J connectivity index is 2.93. The number of rotatable bonds is 5. The molecular formula is C12H17BrO3. The van der Waals surface area contributed by atoms with Crippen molar-refractivity contribution in [2.24, 2.45) is 0 Å². The van der Waals surface area contributed by atoms with E-state index in [9.17, 15) is 5.11 Å². The minimum atomic E-state index is -0.291. The summed E-state index contributed by atoms with van der Waals surface area (Å²) in [6, 6.07) is 3.91. The summed E-state index contributed by atoms with van der Waals surface area (Å²) in [5, 5.41) is 9.25. The predicted octanol–water partition coefficient (Wildman–Crippen LogP) is 2.78. The van der Waals surface area contributed by atoms with Crippen LogP contribution in [-0.2, 0) is 6.42 Å². The second-order valence-corrected chi connectivity index (χ2v) is 4.50. The summed E-state index contributed by atoms with van der Waals surface area (Å²) in [5.41, 5.74) is 1.10. The minimum Gasteiger partial charge on any atom is -0.495 e.